The maximum Gasteiger partial charge on any atom is 0.306 e. The summed E-state index contributed by atoms with van der Waals surface area (Å²) >= 11 is 4.91. The molecule has 1 heterocycles. The number of nitrogens with zero attached hydrogens (tertiary/aromatic N) is 1. The Balaban J connectivity index is 2.56. The Kier molecular flexibility index (Phi) is 6.15. The van der Waals surface area contributed by atoms with Gasteiger partial charge in [0.05, 0.1) is 23.8 Å². The van der Waals surface area contributed by atoms with Crippen molar-refractivity contribution >= 4 is 33.2 Å². The Hall–Kier alpha value is -0.730. The number of hydrogen-bond acceptors (Lipinski definition) is 5. The Morgan fingerprint density at radius 2 is 2.21 bits per heavy atom. The van der Waals surface area contributed by atoms with E-state index < -0.39 is 16.0 Å². The number of hydrogen-bond donors (Lipinski definition) is 1. The number of rotatable bonds is 6. The number of carbonyl (C=O) groups excluding carboxylic acids is 1. The lowest BCUT2D eigenvalue weighted by atomic mass is 10.0. The predicted molar refractivity (Wildman–Crippen MR) is 76.1 cm³/mol. The second kappa shape index (κ2) is 7.16. The van der Waals surface area contributed by atoms with Gasteiger partial charge in [-0.05, 0) is 19.8 Å². The summed E-state index contributed by atoms with van der Waals surface area (Å²) in [6.07, 6.45) is 1.43. The van der Waals surface area contributed by atoms with E-state index in [0.29, 0.717) is 18.1 Å². The quantitative estimate of drug-likeness (QED) is 0.559. The van der Waals surface area contributed by atoms with Crippen molar-refractivity contribution in [2.45, 2.75) is 26.2 Å². The van der Waals surface area contributed by atoms with Crippen LogP contribution in [0.3, 0.4) is 0 Å². The molecule has 0 amide bonds. The molecule has 1 fully saturated rings. The van der Waals surface area contributed by atoms with Crippen molar-refractivity contribution in [2.24, 2.45) is 11.7 Å². The van der Waals surface area contributed by atoms with Gasteiger partial charge in [-0.25, -0.2) is 12.7 Å². The fourth-order valence-corrected chi connectivity index (χ4v) is 3.69. The van der Waals surface area contributed by atoms with E-state index in [2.05, 4.69) is 0 Å². The maximum absolute atomic E-state index is 12.1. The van der Waals surface area contributed by atoms with Crippen LogP contribution in [0.1, 0.15) is 26.2 Å². The summed E-state index contributed by atoms with van der Waals surface area (Å²) in [5, 5.41) is 0. The van der Waals surface area contributed by atoms with Crippen LogP contribution in [-0.2, 0) is 19.6 Å². The van der Waals surface area contributed by atoms with Crippen LogP contribution in [0.2, 0.25) is 0 Å². The molecule has 1 aliphatic rings. The van der Waals surface area contributed by atoms with Crippen molar-refractivity contribution in [1.82, 2.24) is 4.31 Å². The van der Waals surface area contributed by atoms with E-state index in [1.807, 2.05) is 0 Å². The molecule has 1 saturated heterocycles. The van der Waals surface area contributed by atoms with E-state index in [0.717, 1.165) is 12.8 Å². The van der Waals surface area contributed by atoms with Crippen molar-refractivity contribution < 1.29 is 17.9 Å². The number of piperidine rings is 1. The van der Waals surface area contributed by atoms with Crippen LogP contribution in [0.5, 0.6) is 0 Å². The SMILES string of the molecule is CCOC(=O)CCS(=O)(=O)N1CCCC(C(N)=S)C1. The molecule has 1 aliphatic heterocycles. The second-order valence-electron chi connectivity index (χ2n) is 4.47. The summed E-state index contributed by atoms with van der Waals surface area (Å²) in [4.78, 5) is 11.6. The van der Waals surface area contributed by atoms with Gasteiger partial charge in [0, 0.05) is 19.0 Å². The number of sulfonamides is 1. The first-order chi connectivity index (χ1) is 8.86. The van der Waals surface area contributed by atoms with Crippen LogP contribution in [0, 0.1) is 5.92 Å². The number of carbonyl (C=O) groups is 1. The minimum atomic E-state index is -3.45. The largest absolute Gasteiger partial charge is 0.466 e. The van der Waals surface area contributed by atoms with E-state index >= 15 is 0 Å². The first-order valence-electron chi connectivity index (χ1n) is 6.29. The van der Waals surface area contributed by atoms with Crippen molar-refractivity contribution in [3.63, 3.8) is 0 Å². The number of esters is 1. The normalized spacial score (nSPS) is 21.0. The van der Waals surface area contributed by atoms with Gasteiger partial charge in [0.25, 0.3) is 0 Å². The van der Waals surface area contributed by atoms with Gasteiger partial charge in [-0.1, -0.05) is 12.2 Å². The molecule has 1 atom stereocenters. The summed E-state index contributed by atoms with van der Waals surface area (Å²) in [5.41, 5.74) is 5.57. The minimum absolute atomic E-state index is 0.0684. The van der Waals surface area contributed by atoms with Gasteiger partial charge in [0.2, 0.25) is 10.0 Å². The smallest absolute Gasteiger partial charge is 0.306 e. The van der Waals surface area contributed by atoms with Gasteiger partial charge in [-0.2, -0.15) is 0 Å². The molecular formula is C11H20N2O4S2. The van der Waals surface area contributed by atoms with E-state index in [4.69, 9.17) is 22.7 Å². The van der Waals surface area contributed by atoms with Crippen molar-refractivity contribution in [3.05, 3.63) is 0 Å². The average molecular weight is 308 g/mol. The van der Waals surface area contributed by atoms with Gasteiger partial charge < -0.3 is 10.5 Å². The summed E-state index contributed by atoms with van der Waals surface area (Å²) in [7, 11) is -3.45. The summed E-state index contributed by atoms with van der Waals surface area (Å²) < 4.78 is 30.3. The maximum atomic E-state index is 12.1. The lowest BCUT2D eigenvalue weighted by Gasteiger charge is -2.31. The highest BCUT2D eigenvalue weighted by Crippen LogP contribution is 2.20. The lowest BCUT2D eigenvalue weighted by Crippen LogP contribution is -2.44. The molecule has 0 saturated carbocycles. The first kappa shape index (κ1) is 16.3. The summed E-state index contributed by atoms with van der Waals surface area (Å²) in [5.74, 6) is -0.786. The average Bonchev–Trinajstić information content (AvgIpc) is 2.37. The number of ether oxygens (including phenoxy) is 1. The van der Waals surface area contributed by atoms with Gasteiger partial charge in [0.15, 0.2) is 0 Å². The second-order valence-corrected chi connectivity index (χ2v) is 7.03. The van der Waals surface area contributed by atoms with Crippen LogP contribution in [0.4, 0.5) is 0 Å². The fourth-order valence-electron chi connectivity index (χ4n) is 2.00. The van der Waals surface area contributed by atoms with Gasteiger partial charge in [-0.3, -0.25) is 4.79 Å². The molecule has 8 heteroatoms. The van der Waals surface area contributed by atoms with Crippen molar-refractivity contribution in [1.29, 1.82) is 0 Å². The zero-order valence-corrected chi connectivity index (χ0v) is 12.6. The topological polar surface area (TPSA) is 89.7 Å². The molecule has 0 bridgehead atoms. The van der Waals surface area contributed by atoms with Crippen LogP contribution in [0.25, 0.3) is 0 Å². The zero-order valence-electron chi connectivity index (χ0n) is 11.0. The molecule has 0 aromatic rings. The van der Waals surface area contributed by atoms with Gasteiger partial charge >= 0.3 is 5.97 Å². The molecule has 19 heavy (non-hydrogen) atoms. The summed E-state index contributed by atoms with van der Waals surface area (Å²) in [6.45, 7) is 2.72. The third-order valence-electron chi connectivity index (χ3n) is 3.05. The van der Waals surface area contributed by atoms with E-state index in [9.17, 15) is 13.2 Å². The Labute approximate surface area is 119 Å². The lowest BCUT2D eigenvalue weighted by molar-refractivity contribution is -0.142. The summed E-state index contributed by atoms with van der Waals surface area (Å²) in [6, 6.07) is 0. The molecule has 1 unspecified atom stereocenters. The fraction of sp³-hybridized carbons (Fsp3) is 0.818. The molecule has 1 rings (SSSR count). The van der Waals surface area contributed by atoms with Crippen molar-refractivity contribution in [2.75, 3.05) is 25.4 Å². The third-order valence-corrected chi connectivity index (χ3v) is 5.22. The standard InChI is InChI=1S/C11H20N2O4S2/c1-2-17-10(14)5-7-19(15,16)13-6-3-4-9(8-13)11(12)18/h9H,2-8H2,1H3,(H2,12,18). The van der Waals surface area contributed by atoms with Gasteiger partial charge in [0.1, 0.15) is 0 Å². The van der Waals surface area contributed by atoms with Crippen LogP contribution >= 0.6 is 12.2 Å². The van der Waals surface area contributed by atoms with E-state index in [1.165, 1.54) is 4.31 Å². The first-order valence-corrected chi connectivity index (χ1v) is 8.31. The highest BCUT2D eigenvalue weighted by Gasteiger charge is 2.30. The molecule has 0 aliphatic carbocycles. The number of nitrogens with two attached hydrogens (primary N) is 1. The Bertz CT molecular complexity index is 436. The molecule has 0 aromatic carbocycles. The van der Waals surface area contributed by atoms with Crippen molar-refractivity contribution in [3.8, 4) is 0 Å². The highest BCUT2D eigenvalue weighted by atomic mass is 32.2. The molecule has 0 spiro atoms. The van der Waals surface area contributed by atoms with Crippen LogP contribution in [0.15, 0.2) is 0 Å². The Morgan fingerprint density at radius 3 is 2.79 bits per heavy atom. The van der Waals surface area contributed by atoms with E-state index in [-0.39, 0.29) is 24.7 Å². The number of thiocarbonyl (C=S) groups is 1. The van der Waals surface area contributed by atoms with Crippen LogP contribution in [-0.4, -0.2) is 49.1 Å². The molecule has 0 radical (unpaired) electrons. The van der Waals surface area contributed by atoms with Crippen LogP contribution < -0.4 is 5.73 Å². The molecule has 6 nitrogen and oxygen atoms in total. The zero-order chi connectivity index (χ0) is 14.5. The molecule has 110 valence electrons. The van der Waals surface area contributed by atoms with Gasteiger partial charge in [-0.15, -0.1) is 0 Å². The molecule has 2 N–H and O–H groups in total. The highest BCUT2D eigenvalue weighted by molar-refractivity contribution is 7.89. The molecule has 0 aromatic heterocycles. The van der Waals surface area contributed by atoms with E-state index in [1.54, 1.807) is 6.92 Å². The Morgan fingerprint density at radius 1 is 1.53 bits per heavy atom. The third kappa shape index (κ3) is 5.04. The monoisotopic (exact) mass is 308 g/mol. The minimum Gasteiger partial charge on any atom is -0.466 e. The molecular weight excluding hydrogens is 288 g/mol. The predicted octanol–water partition coefficient (Wildman–Crippen LogP) is 0.268.